The van der Waals surface area contributed by atoms with Gasteiger partial charge in [-0.2, -0.15) is 0 Å². The number of carboxylic acid groups (broad SMARTS) is 2. The Balaban J connectivity index is 3.03. The number of aromatic amines is 1. The maximum atomic E-state index is 12.8. The molecule has 0 spiro atoms. The molecule has 0 aliphatic rings. The molecule has 16 nitrogen and oxygen atoms in total. The average Bonchev–Trinajstić information content (AvgIpc) is 3.25. The summed E-state index contributed by atoms with van der Waals surface area (Å²) in [7, 11) is 0. The van der Waals surface area contributed by atoms with Gasteiger partial charge in [0, 0.05) is 24.7 Å². The molecular weight excluding hydrogens is 470 g/mol. The zero-order valence-corrected chi connectivity index (χ0v) is 18.8. The Morgan fingerprint density at radius 2 is 1.66 bits per heavy atom. The second-order valence-electron chi connectivity index (χ2n) is 7.68. The molecule has 0 aliphatic heterocycles. The number of primary amides is 1. The molecule has 4 amide bonds. The molecular formula is C19H29N7O9. The van der Waals surface area contributed by atoms with Crippen molar-refractivity contribution in [1.29, 1.82) is 0 Å². The fourth-order valence-electron chi connectivity index (χ4n) is 2.85. The van der Waals surface area contributed by atoms with Crippen LogP contribution in [0, 0.1) is 0 Å². The van der Waals surface area contributed by atoms with Crippen molar-refractivity contribution in [1.82, 2.24) is 25.9 Å². The Morgan fingerprint density at radius 3 is 2.14 bits per heavy atom. The van der Waals surface area contributed by atoms with Gasteiger partial charge in [-0.15, -0.1) is 0 Å². The molecule has 35 heavy (non-hydrogen) atoms. The van der Waals surface area contributed by atoms with Crippen molar-refractivity contribution in [3.05, 3.63) is 18.2 Å². The van der Waals surface area contributed by atoms with Crippen LogP contribution in [-0.4, -0.2) is 91.1 Å². The predicted molar refractivity (Wildman–Crippen MR) is 116 cm³/mol. The van der Waals surface area contributed by atoms with Crippen LogP contribution in [0.15, 0.2) is 12.5 Å². The maximum absolute atomic E-state index is 12.8. The summed E-state index contributed by atoms with van der Waals surface area (Å²) in [6, 6.07) is -6.02. The molecule has 0 saturated heterocycles. The summed E-state index contributed by atoms with van der Waals surface area (Å²) >= 11 is 0. The van der Waals surface area contributed by atoms with Gasteiger partial charge in [0.1, 0.15) is 18.1 Å². The third kappa shape index (κ3) is 10.2. The van der Waals surface area contributed by atoms with Crippen LogP contribution in [0.5, 0.6) is 0 Å². The number of imidazole rings is 1. The maximum Gasteiger partial charge on any atom is 0.326 e. The quantitative estimate of drug-likeness (QED) is 0.112. The second kappa shape index (κ2) is 13.6. The number of carbonyl (C=O) groups is 6. The van der Waals surface area contributed by atoms with E-state index < -0.39 is 72.3 Å². The molecule has 0 bridgehead atoms. The number of nitrogens with two attached hydrogens (primary N) is 2. The average molecular weight is 499 g/mol. The van der Waals surface area contributed by atoms with Gasteiger partial charge in [-0.25, -0.2) is 9.78 Å². The number of nitrogens with one attached hydrogen (secondary N) is 4. The summed E-state index contributed by atoms with van der Waals surface area (Å²) in [5, 5.41) is 34.7. The Morgan fingerprint density at radius 1 is 1.03 bits per heavy atom. The standard InChI is InChI=1S/C19H29N7O9/c1-8(27)15(26-16(31)10(20)5-14(29)30)18(33)25-12(4-9-6-22-7-23-9)17(32)24-11(19(34)35)2-3-13(21)28/h6-8,10-12,15,27H,2-5,20H2,1H3,(H2,21,28)(H,22,23)(H,24,32)(H,25,33)(H,26,31)(H,29,30)(H,34,35). The van der Waals surface area contributed by atoms with Crippen LogP contribution in [0.4, 0.5) is 0 Å². The second-order valence-corrected chi connectivity index (χ2v) is 7.68. The fourth-order valence-corrected chi connectivity index (χ4v) is 2.85. The van der Waals surface area contributed by atoms with Crippen LogP contribution in [0.3, 0.4) is 0 Å². The lowest BCUT2D eigenvalue weighted by atomic mass is 10.1. The number of hydrogen-bond acceptors (Lipinski definition) is 9. The molecule has 0 aromatic carbocycles. The van der Waals surface area contributed by atoms with Gasteiger partial charge < -0.3 is 47.7 Å². The number of aliphatic hydroxyl groups excluding tert-OH is 1. The van der Waals surface area contributed by atoms with Gasteiger partial charge in [-0.05, 0) is 13.3 Å². The molecule has 1 rings (SSSR count). The number of hydrogen-bond donors (Lipinski definition) is 9. The number of carbonyl (C=O) groups excluding carboxylic acids is 4. The Bertz CT molecular complexity index is 920. The minimum Gasteiger partial charge on any atom is -0.481 e. The van der Waals surface area contributed by atoms with E-state index in [4.69, 9.17) is 16.6 Å². The lowest BCUT2D eigenvalue weighted by molar-refractivity contribution is -0.142. The third-order valence-corrected chi connectivity index (χ3v) is 4.70. The van der Waals surface area contributed by atoms with Gasteiger partial charge in [0.25, 0.3) is 0 Å². The normalized spacial score (nSPS) is 15.1. The molecule has 0 saturated carbocycles. The first kappa shape index (κ1) is 29.0. The summed E-state index contributed by atoms with van der Waals surface area (Å²) in [5.41, 5.74) is 10.9. The number of aromatic nitrogens is 2. The lowest BCUT2D eigenvalue weighted by Crippen LogP contribution is -2.60. The largest absolute Gasteiger partial charge is 0.481 e. The van der Waals surface area contributed by atoms with Crippen LogP contribution < -0.4 is 27.4 Å². The summed E-state index contributed by atoms with van der Waals surface area (Å²) in [5.74, 6) is -6.56. The monoisotopic (exact) mass is 499 g/mol. The molecule has 1 aromatic heterocycles. The number of aliphatic carboxylic acids is 2. The SMILES string of the molecule is CC(O)C(NC(=O)C(N)CC(=O)O)C(=O)NC(Cc1cnc[nH]1)C(=O)NC(CCC(N)=O)C(=O)O. The van der Waals surface area contributed by atoms with Crippen molar-refractivity contribution in [2.75, 3.05) is 0 Å². The van der Waals surface area contributed by atoms with E-state index in [1.807, 2.05) is 0 Å². The van der Waals surface area contributed by atoms with Crippen molar-refractivity contribution >= 4 is 35.6 Å². The van der Waals surface area contributed by atoms with Gasteiger partial charge in [-0.1, -0.05) is 0 Å². The van der Waals surface area contributed by atoms with E-state index >= 15 is 0 Å². The zero-order valence-electron chi connectivity index (χ0n) is 18.8. The van der Waals surface area contributed by atoms with E-state index in [0.29, 0.717) is 5.69 Å². The number of rotatable bonds is 15. The van der Waals surface area contributed by atoms with Crippen molar-refractivity contribution in [2.24, 2.45) is 11.5 Å². The first-order valence-electron chi connectivity index (χ1n) is 10.4. The molecule has 1 aromatic rings. The molecule has 16 heteroatoms. The minimum atomic E-state index is -1.62. The summed E-state index contributed by atoms with van der Waals surface area (Å²) in [6.07, 6.45) is -0.342. The summed E-state index contributed by atoms with van der Waals surface area (Å²) < 4.78 is 0. The molecule has 0 aliphatic carbocycles. The van der Waals surface area contributed by atoms with E-state index in [0.717, 1.165) is 0 Å². The van der Waals surface area contributed by atoms with E-state index in [1.54, 1.807) is 0 Å². The minimum absolute atomic E-state index is 0.182. The van der Waals surface area contributed by atoms with Gasteiger partial charge in [0.05, 0.1) is 24.9 Å². The van der Waals surface area contributed by atoms with Gasteiger partial charge in [0.15, 0.2) is 0 Å². The highest BCUT2D eigenvalue weighted by Gasteiger charge is 2.33. The van der Waals surface area contributed by atoms with Gasteiger partial charge in [0.2, 0.25) is 23.6 Å². The van der Waals surface area contributed by atoms with Crippen molar-refractivity contribution in [2.45, 2.75) is 62.9 Å². The van der Waals surface area contributed by atoms with Crippen LogP contribution in [-0.2, 0) is 35.2 Å². The summed E-state index contributed by atoms with van der Waals surface area (Å²) in [6.45, 7) is 1.17. The van der Waals surface area contributed by atoms with Crippen LogP contribution >= 0.6 is 0 Å². The van der Waals surface area contributed by atoms with Crippen molar-refractivity contribution < 1.29 is 44.1 Å². The van der Waals surface area contributed by atoms with Crippen molar-refractivity contribution in [3.63, 3.8) is 0 Å². The first-order chi connectivity index (χ1) is 16.3. The Hall–Kier alpha value is -4.05. The van der Waals surface area contributed by atoms with E-state index in [9.17, 15) is 39.0 Å². The van der Waals surface area contributed by atoms with Crippen LogP contribution in [0.2, 0.25) is 0 Å². The molecule has 0 fully saturated rings. The number of amides is 4. The molecule has 1 heterocycles. The summed E-state index contributed by atoms with van der Waals surface area (Å²) in [4.78, 5) is 77.5. The van der Waals surface area contributed by atoms with E-state index in [2.05, 4.69) is 25.9 Å². The zero-order chi connectivity index (χ0) is 26.7. The Labute approximate surface area is 198 Å². The fraction of sp³-hybridized carbons (Fsp3) is 0.526. The number of carboxylic acids is 2. The smallest absolute Gasteiger partial charge is 0.326 e. The highest BCUT2D eigenvalue weighted by molar-refractivity contribution is 5.95. The van der Waals surface area contributed by atoms with E-state index in [-0.39, 0.29) is 19.3 Å². The Kier molecular flexibility index (Phi) is 11.3. The molecule has 194 valence electrons. The molecule has 5 unspecified atom stereocenters. The van der Waals surface area contributed by atoms with Gasteiger partial charge >= 0.3 is 11.9 Å². The number of aliphatic hydroxyl groups is 1. The van der Waals surface area contributed by atoms with E-state index in [1.165, 1.54) is 19.4 Å². The first-order valence-corrected chi connectivity index (χ1v) is 10.4. The molecule has 11 N–H and O–H groups in total. The highest BCUT2D eigenvalue weighted by Crippen LogP contribution is 2.05. The number of nitrogens with zero attached hydrogens (tertiary/aromatic N) is 1. The van der Waals surface area contributed by atoms with Crippen LogP contribution in [0.1, 0.15) is 31.9 Å². The number of H-pyrrole nitrogens is 1. The third-order valence-electron chi connectivity index (χ3n) is 4.70. The molecule has 5 atom stereocenters. The topological polar surface area (TPSA) is 280 Å². The lowest BCUT2D eigenvalue weighted by Gasteiger charge is -2.26. The molecule has 0 radical (unpaired) electrons. The van der Waals surface area contributed by atoms with Gasteiger partial charge in [-0.3, -0.25) is 24.0 Å². The highest BCUT2D eigenvalue weighted by atomic mass is 16.4. The van der Waals surface area contributed by atoms with Crippen molar-refractivity contribution in [3.8, 4) is 0 Å². The predicted octanol–water partition coefficient (Wildman–Crippen LogP) is -4.06. The van der Waals surface area contributed by atoms with Crippen LogP contribution in [0.25, 0.3) is 0 Å².